The monoisotopic (exact) mass is 889 g/mol. The van der Waals surface area contributed by atoms with Crippen molar-refractivity contribution in [3.05, 3.63) is 122 Å². The number of aryl methyl sites for hydroxylation is 2. The molecule has 0 fully saturated rings. The van der Waals surface area contributed by atoms with E-state index in [1.54, 1.807) is 11.1 Å². The number of fused-ring (bicyclic) bond motifs is 8. The van der Waals surface area contributed by atoms with E-state index in [-0.39, 0.29) is 50.0 Å². The van der Waals surface area contributed by atoms with Crippen molar-refractivity contribution in [2.75, 3.05) is 9.80 Å². The molecule has 11 rings (SSSR count). The van der Waals surface area contributed by atoms with Gasteiger partial charge in [0.05, 0.1) is 0 Å². The second-order valence-corrected chi connectivity index (χ2v) is 28.2. The van der Waals surface area contributed by atoms with E-state index in [1.807, 2.05) is 0 Å². The Balaban J connectivity index is 1.28. The molecule has 2 heterocycles. The maximum absolute atomic E-state index is 2.77. The number of hydrogen-bond donors (Lipinski definition) is 0. The van der Waals surface area contributed by atoms with Crippen molar-refractivity contribution in [3.63, 3.8) is 0 Å². The Labute approximate surface area is 406 Å². The Morgan fingerprint density at radius 3 is 1.09 bits per heavy atom. The first-order valence-electron chi connectivity index (χ1n) is 26.4. The molecule has 0 amide bonds. The fourth-order valence-electron chi connectivity index (χ4n) is 14.5. The molecule has 6 aliphatic rings. The van der Waals surface area contributed by atoms with Gasteiger partial charge >= 0.3 is 0 Å². The second-order valence-electron chi connectivity index (χ2n) is 28.2. The molecule has 5 aromatic carbocycles. The van der Waals surface area contributed by atoms with Gasteiger partial charge in [-0.1, -0.05) is 135 Å². The van der Waals surface area contributed by atoms with Crippen molar-refractivity contribution >= 4 is 57.2 Å². The lowest BCUT2D eigenvalue weighted by Gasteiger charge is -2.49. The van der Waals surface area contributed by atoms with Gasteiger partial charge in [-0.15, -0.1) is 0 Å². The number of rotatable bonds is 2. The van der Waals surface area contributed by atoms with Gasteiger partial charge in [0.1, 0.15) is 0 Å². The van der Waals surface area contributed by atoms with Gasteiger partial charge in [-0.2, -0.15) is 0 Å². The number of anilines is 6. The van der Waals surface area contributed by atoms with Gasteiger partial charge in [-0.05, 0) is 223 Å². The first-order chi connectivity index (χ1) is 31.0. The summed E-state index contributed by atoms with van der Waals surface area (Å²) in [4.78, 5) is 5.52. The van der Waals surface area contributed by atoms with Crippen molar-refractivity contribution in [2.24, 2.45) is 0 Å². The fraction of sp³-hybridized carbons (Fsp3) is 0.531. The van der Waals surface area contributed by atoms with Crippen LogP contribution in [0.2, 0.25) is 0 Å². The molecular formula is C64H81BN2. The first kappa shape index (κ1) is 45.2. The highest BCUT2D eigenvalue weighted by Gasteiger charge is 2.50. The molecule has 67 heavy (non-hydrogen) atoms. The third kappa shape index (κ3) is 6.46. The third-order valence-corrected chi connectivity index (χ3v) is 19.7. The summed E-state index contributed by atoms with van der Waals surface area (Å²) in [5.74, 6) is 0. The molecular weight excluding hydrogens is 808 g/mol. The number of benzene rings is 5. The highest BCUT2D eigenvalue weighted by Crippen LogP contribution is 2.56. The molecule has 0 saturated heterocycles. The minimum Gasteiger partial charge on any atom is -0.311 e. The van der Waals surface area contributed by atoms with Crippen molar-refractivity contribution in [1.29, 1.82) is 0 Å². The molecule has 0 N–H and O–H groups in total. The Bertz CT molecular complexity index is 2960. The zero-order valence-electron chi connectivity index (χ0n) is 45.0. The highest BCUT2D eigenvalue weighted by molar-refractivity contribution is 7.00. The summed E-state index contributed by atoms with van der Waals surface area (Å²) in [6.07, 6.45) is 9.61. The SMILES string of the molecule is Cc1cc2c3c(c1)N(c1cc4c(cc1C)C(C)(C)CCC4(C)C)c1cc4c(cc1B3c1cc3c(cc1N2c1ccc2c(c1)C(C)(C)CCC2(C)C)C(C)(C)CCC3(C)C)C(C)(C)CCC4(C)C. The van der Waals surface area contributed by atoms with Crippen LogP contribution in [0.5, 0.6) is 0 Å². The minimum atomic E-state index is 0.0747. The molecule has 0 saturated carbocycles. The average Bonchev–Trinajstić information content (AvgIpc) is 3.24. The predicted molar refractivity (Wildman–Crippen MR) is 291 cm³/mol. The molecule has 2 aliphatic heterocycles. The summed E-state index contributed by atoms with van der Waals surface area (Å²) in [5.41, 5.74) is 28.2. The van der Waals surface area contributed by atoms with Crippen molar-refractivity contribution < 1.29 is 0 Å². The van der Waals surface area contributed by atoms with Crippen LogP contribution in [0.15, 0.2) is 66.7 Å². The maximum atomic E-state index is 2.77. The van der Waals surface area contributed by atoms with Crippen LogP contribution >= 0.6 is 0 Å². The Morgan fingerprint density at radius 2 is 0.657 bits per heavy atom. The third-order valence-electron chi connectivity index (χ3n) is 19.7. The molecule has 5 aromatic rings. The maximum Gasteiger partial charge on any atom is 0.252 e. The fourth-order valence-corrected chi connectivity index (χ4v) is 14.5. The Hall–Kier alpha value is -4.24. The molecule has 0 bridgehead atoms. The number of hydrogen-bond acceptors (Lipinski definition) is 2. The van der Waals surface area contributed by atoms with E-state index < -0.39 is 0 Å². The van der Waals surface area contributed by atoms with Crippen molar-refractivity contribution in [1.82, 2.24) is 0 Å². The zero-order valence-corrected chi connectivity index (χ0v) is 45.0. The van der Waals surface area contributed by atoms with Crippen LogP contribution in [0, 0.1) is 13.8 Å². The van der Waals surface area contributed by atoms with E-state index in [9.17, 15) is 0 Å². The van der Waals surface area contributed by atoms with Gasteiger partial charge in [0.15, 0.2) is 0 Å². The summed E-state index contributed by atoms with van der Waals surface area (Å²) >= 11 is 0. The molecule has 4 aliphatic carbocycles. The van der Waals surface area contributed by atoms with E-state index in [0.717, 1.165) is 0 Å². The summed E-state index contributed by atoms with van der Waals surface area (Å²) in [7, 11) is 0. The Kier molecular flexibility index (Phi) is 9.28. The van der Waals surface area contributed by atoms with E-state index in [0.29, 0.717) is 0 Å². The van der Waals surface area contributed by atoms with E-state index >= 15 is 0 Å². The molecule has 350 valence electrons. The van der Waals surface area contributed by atoms with Crippen LogP contribution in [0.25, 0.3) is 0 Å². The van der Waals surface area contributed by atoms with Crippen molar-refractivity contribution in [3.8, 4) is 0 Å². The predicted octanol–water partition coefficient (Wildman–Crippen LogP) is 15.8. The molecule has 0 radical (unpaired) electrons. The topological polar surface area (TPSA) is 6.48 Å². The smallest absolute Gasteiger partial charge is 0.252 e. The van der Waals surface area contributed by atoms with Crippen LogP contribution in [0.4, 0.5) is 34.1 Å². The van der Waals surface area contributed by atoms with Crippen LogP contribution in [0.1, 0.15) is 218 Å². The van der Waals surface area contributed by atoms with E-state index in [1.165, 1.54) is 146 Å². The molecule has 0 atom stereocenters. The van der Waals surface area contributed by atoms with E-state index in [4.69, 9.17) is 0 Å². The summed E-state index contributed by atoms with van der Waals surface area (Å²) in [6.45, 7) is 44.8. The lowest BCUT2D eigenvalue weighted by molar-refractivity contribution is 0.331. The van der Waals surface area contributed by atoms with Gasteiger partial charge in [0.25, 0.3) is 6.71 Å². The normalized spacial score (nSPS) is 23.2. The van der Waals surface area contributed by atoms with E-state index in [2.05, 4.69) is 201 Å². The minimum absolute atomic E-state index is 0.0747. The van der Waals surface area contributed by atoms with Crippen LogP contribution < -0.4 is 26.2 Å². The lowest BCUT2D eigenvalue weighted by atomic mass is 9.32. The largest absolute Gasteiger partial charge is 0.311 e. The second kappa shape index (κ2) is 13.8. The van der Waals surface area contributed by atoms with Gasteiger partial charge in [-0.25, -0.2) is 0 Å². The summed E-state index contributed by atoms with van der Waals surface area (Å²) in [5, 5.41) is 0. The average molecular weight is 889 g/mol. The quantitative estimate of drug-likeness (QED) is 0.160. The first-order valence-corrected chi connectivity index (χ1v) is 26.4. The molecule has 0 unspecified atom stereocenters. The van der Waals surface area contributed by atoms with Gasteiger partial charge in [0.2, 0.25) is 0 Å². The number of nitrogens with zero attached hydrogens (tertiary/aromatic N) is 2. The Morgan fingerprint density at radius 1 is 0.328 bits per heavy atom. The highest BCUT2D eigenvalue weighted by atomic mass is 15.2. The van der Waals surface area contributed by atoms with Gasteiger partial charge in [-0.3, -0.25) is 0 Å². The molecule has 3 heteroatoms. The van der Waals surface area contributed by atoms with Gasteiger partial charge < -0.3 is 9.80 Å². The molecule has 2 nitrogen and oxygen atoms in total. The molecule has 0 spiro atoms. The lowest BCUT2D eigenvalue weighted by Crippen LogP contribution is -2.62. The van der Waals surface area contributed by atoms with Gasteiger partial charge in [0, 0.05) is 34.1 Å². The van der Waals surface area contributed by atoms with Crippen LogP contribution in [0.3, 0.4) is 0 Å². The summed E-state index contributed by atoms with van der Waals surface area (Å²) < 4.78 is 0. The zero-order chi connectivity index (χ0) is 48.1. The molecule has 0 aromatic heterocycles. The van der Waals surface area contributed by atoms with Crippen molar-refractivity contribution in [2.45, 2.75) is 219 Å². The summed E-state index contributed by atoms with van der Waals surface area (Å²) in [6, 6.07) is 28.9. The van der Waals surface area contributed by atoms with Crippen LogP contribution in [-0.2, 0) is 43.3 Å². The van der Waals surface area contributed by atoms with Crippen LogP contribution in [-0.4, -0.2) is 6.71 Å². The standard InChI is InChI=1S/C64H81BN2/c1-38-29-54-56-55(30-38)67(51-35-46-42(31-39(51)2)58(5,6)23-26-62(46,13)14)53-37-48-45(61(11,12)25-28-64(48,17)18)34-50(53)65(56)49-33-44-47(63(15,16)27-24-60(44,9)10)36-52(49)66(54)40-19-20-41-43(32-40)59(7,8)22-21-57(41,3)4/h19-20,29-37H,21-28H2,1-18H3.